The Morgan fingerprint density at radius 1 is 0.983 bits per heavy atom. The zero-order chi connectivity index (χ0) is 44.3. The lowest BCUT2D eigenvalue weighted by Crippen LogP contribution is -2.61. The summed E-state index contributed by atoms with van der Waals surface area (Å²) in [4.78, 5) is 69.8. The molecule has 3 aliphatic rings. The van der Waals surface area contributed by atoms with Crippen LogP contribution in [-0.2, 0) is 44.6 Å². The average Bonchev–Trinajstić information content (AvgIpc) is 3.81. The molecule has 5 heterocycles. The van der Waals surface area contributed by atoms with Crippen LogP contribution in [0.2, 0.25) is 0 Å². The number of fused-ring (bicyclic) bond motifs is 1. The van der Waals surface area contributed by atoms with E-state index in [2.05, 4.69) is 9.97 Å². The number of Topliss-reactive ketones (excluding diaryl/α,β-unsaturated/α-hetero) is 2. The molecule has 60 heavy (non-hydrogen) atoms. The molecule has 0 radical (unpaired) electrons. The predicted octanol–water partition coefficient (Wildman–Crippen LogP) is 5.63. The van der Waals surface area contributed by atoms with Crippen molar-refractivity contribution < 1.29 is 48.0 Å². The van der Waals surface area contributed by atoms with Crippen molar-refractivity contribution in [2.45, 2.75) is 161 Å². The van der Waals surface area contributed by atoms with Crippen LogP contribution in [0, 0.1) is 30.6 Å². The Morgan fingerprint density at radius 2 is 1.68 bits per heavy atom. The summed E-state index contributed by atoms with van der Waals surface area (Å²) in [6.07, 6.45) is 3.12. The molecular weight excluding hydrogens is 771 g/mol. The molecule has 334 valence electrons. The van der Waals surface area contributed by atoms with Crippen molar-refractivity contribution in [3.8, 4) is 11.3 Å². The van der Waals surface area contributed by atoms with Crippen molar-refractivity contribution >= 4 is 23.6 Å². The minimum absolute atomic E-state index is 0.132. The molecule has 15 nitrogen and oxygen atoms in total. The molecule has 5 rings (SSSR count). The highest BCUT2D eigenvalue weighted by molar-refractivity contribution is 6.00. The van der Waals surface area contributed by atoms with Gasteiger partial charge in [-0.3, -0.25) is 19.4 Å². The normalized spacial score (nSPS) is 35.9. The number of unbranched alkanes of at least 4 members (excludes halogenated alkanes) is 1. The Morgan fingerprint density at radius 3 is 2.30 bits per heavy atom. The number of rotatable bonds is 12. The minimum Gasteiger partial charge on any atom is -0.457 e. The molecule has 1 N–H and O–H groups in total. The Kier molecular flexibility index (Phi) is 15.4. The molecular formula is C45H69N5O10. The quantitative estimate of drug-likeness (QED) is 0.159. The van der Waals surface area contributed by atoms with Gasteiger partial charge in [0.15, 0.2) is 17.7 Å². The van der Waals surface area contributed by atoms with Crippen molar-refractivity contribution in [1.29, 1.82) is 0 Å². The molecule has 3 fully saturated rings. The molecule has 1 amide bonds. The number of ketones is 2. The van der Waals surface area contributed by atoms with Gasteiger partial charge >= 0.3 is 12.1 Å². The van der Waals surface area contributed by atoms with Gasteiger partial charge in [0.1, 0.15) is 23.9 Å². The van der Waals surface area contributed by atoms with Gasteiger partial charge in [0, 0.05) is 67.6 Å². The van der Waals surface area contributed by atoms with Crippen LogP contribution < -0.4 is 0 Å². The molecule has 0 aromatic carbocycles. The SMILES string of the molecule is CC[C@H]1OC(=O)[C@H](C)C(=O)[C@H](C)[C@@H](OC2O[C@H](C)C[C@H](N(C)C)[C@H]2O)[C@@](C)(OC)C[C@@H](C)C(=O)[C@H](C)[C@H]2N(CCCCn3cnc(-c4ccc(C)nc4)c3)C(=O)OC12CC. The maximum Gasteiger partial charge on any atom is 0.410 e. The number of hydrogen-bond donors (Lipinski definition) is 1. The summed E-state index contributed by atoms with van der Waals surface area (Å²) in [5, 5.41) is 11.5. The highest BCUT2D eigenvalue weighted by Crippen LogP contribution is 2.45. The molecule has 3 saturated heterocycles. The Bertz CT molecular complexity index is 1800. The monoisotopic (exact) mass is 840 g/mol. The number of methoxy groups -OCH3 is 1. The average molecular weight is 840 g/mol. The molecule has 15 heteroatoms. The van der Waals surface area contributed by atoms with Crippen molar-refractivity contribution in [3.63, 3.8) is 0 Å². The van der Waals surface area contributed by atoms with Gasteiger partial charge in [-0.15, -0.1) is 0 Å². The first-order chi connectivity index (χ1) is 28.3. The van der Waals surface area contributed by atoms with Crippen LogP contribution in [0.1, 0.15) is 99.6 Å². The number of nitrogens with zero attached hydrogens (tertiary/aromatic N) is 5. The summed E-state index contributed by atoms with van der Waals surface area (Å²) in [6.45, 7) is 17.1. The van der Waals surface area contributed by atoms with Crippen molar-refractivity contribution in [2.75, 3.05) is 27.7 Å². The second-order valence-corrected chi connectivity index (χ2v) is 17.9. The van der Waals surface area contributed by atoms with E-state index in [1.165, 1.54) is 14.0 Å². The first-order valence-electron chi connectivity index (χ1n) is 21.7. The fourth-order valence-corrected chi connectivity index (χ4v) is 9.82. The van der Waals surface area contributed by atoms with E-state index < -0.39 is 83.4 Å². The van der Waals surface area contributed by atoms with E-state index >= 15 is 0 Å². The maximum atomic E-state index is 14.8. The fourth-order valence-electron chi connectivity index (χ4n) is 9.82. The van der Waals surface area contributed by atoms with Crippen LogP contribution in [0.25, 0.3) is 11.3 Å². The molecule has 13 atom stereocenters. The van der Waals surface area contributed by atoms with Crippen LogP contribution >= 0.6 is 0 Å². The van der Waals surface area contributed by atoms with Gasteiger partial charge in [-0.2, -0.15) is 0 Å². The topological polar surface area (TPSA) is 172 Å². The van der Waals surface area contributed by atoms with E-state index in [0.717, 1.165) is 17.0 Å². The second kappa shape index (κ2) is 19.5. The molecule has 2 unspecified atom stereocenters. The first-order valence-corrected chi connectivity index (χ1v) is 21.7. The summed E-state index contributed by atoms with van der Waals surface area (Å²) in [5.74, 6) is -4.92. The van der Waals surface area contributed by atoms with Crippen molar-refractivity contribution in [1.82, 2.24) is 24.3 Å². The van der Waals surface area contributed by atoms with Gasteiger partial charge in [0.2, 0.25) is 0 Å². The maximum absolute atomic E-state index is 14.8. The number of pyridine rings is 1. The van der Waals surface area contributed by atoms with E-state index in [1.807, 2.05) is 83.4 Å². The molecule has 0 bridgehead atoms. The third kappa shape index (κ3) is 9.65. The van der Waals surface area contributed by atoms with Gasteiger partial charge in [-0.1, -0.05) is 34.6 Å². The standard InChI is InChI=1S/C45H69N5O10/c1-13-35-45(14-2)39(50(43(55)60-45)20-16-15-19-49-24-33(47-25-49)32-18-17-27(4)46-23-32)29(6)36(51)26(3)22-44(9,56-12)40(30(7)37(52)31(8)41(54)58-35)59-42-38(53)34(48(10)11)21-28(5)57-42/h17-18,23-26,28-31,34-35,38-40,42,53H,13-16,19-22H2,1-12H3/t26-,28-,29+,30+,31-,34+,35-,38-,39-,40-,42?,44+,45?/m1/s1. The fraction of sp³-hybridized carbons (Fsp3) is 0.733. The van der Waals surface area contributed by atoms with Gasteiger partial charge in [0.05, 0.1) is 35.9 Å². The number of carbonyl (C=O) groups is 4. The largest absolute Gasteiger partial charge is 0.457 e. The zero-order valence-corrected chi connectivity index (χ0v) is 37.8. The van der Waals surface area contributed by atoms with E-state index in [4.69, 9.17) is 23.7 Å². The highest BCUT2D eigenvalue weighted by atomic mass is 16.7. The Hall–Kier alpha value is -3.76. The lowest BCUT2D eigenvalue weighted by Gasteiger charge is -2.47. The number of likely N-dealkylation sites (N-methyl/N-ethyl adjacent to an activating group) is 1. The van der Waals surface area contributed by atoms with Gasteiger partial charge in [0.25, 0.3) is 0 Å². The lowest BCUT2D eigenvalue weighted by atomic mass is 9.72. The number of aliphatic hydroxyl groups is 1. The predicted molar refractivity (Wildman–Crippen MR) is 224 cm³/mol. The number of aromatic nitrogens is 3. The van der Waals surface area contributed by atoms with Gasteiger partial charge in [-0.25, -0.2) is 9.78 Å². The number of ether oxygens (including phenoxy) is 5. The smallest absolute Gasteiger partial charge is 0.410 e. The third-order valence-electron chi connectivity index (χ3n) is 13.4. The van der Waals surface area contributed by atoms with Gasteiger partial charge < -0.3 is 43.2 Å². The number of carbonyl (C=O) groups excluding carboxylic acids is 4. The number of amides is 1. The summed E-state index contributed by atoms with van der Waals surface area (Å²) in [5.41, 5.74) is 0.0435. The lowest BCUT2D eigenvalue weighted by molar-refractivity contribution is -0.295. The molecule has 3 aliphatic heterocycles. The number of esters is 1. The minimum atomic E-state index is -1.36. The van der Waals surface area contributed by atoms with E-state index in [-0.39, 0.29) is 37.2 Å². The van der Waals surface area contributed by atoms with Crippen LogP contribution in [0.5, 0.6) is 0 Å². The molecule has 0 spiro atoms. The number of aliphatic hydroxyl groups excluding tert-OH is 1. The first kappa shape index (κ1) is 47.3. The molecule has 2 aromatic heterocycles. The number of cyclic esters (lactones) is 1. The zero-order valence-electron chi connectivity index (χ0n) is 37.8. The van der Waals surface area contributed by atoms with Crippen LogP contribution in [0.3, 0.4) is 0 Å². The van der Waals surface area contributed by atoms with E-state index in [9.17, 15) is 24.3 Å². The Balaban J connectivity index is 1.45. The third-order valence-corrected chi connectivity index (χ3v) is 13.4. The van der Waals surface area contributed by atoms with Crippen LogP contribution in [0.4, 0.5) is 4.79 Å². The van der Waals surface area contributed by atoms with Crippen LogP contribution in [0.15, 0.2) is 30.9 Å². The van der Waals surface area contributed by atoms with E-state index in [0.29, 0.717) is 32.4 Å². The number of hydrogen-bond acceptors (Lipinski definition) is 13. The molecule has 0 saturated carbocycles. The Labute approximate surface area is 355 Å². The number of imidazole rings is 1. The van der Waals surface area contributed by atoms with Gasteiger partial charge in [-0.05, 0) is 92.4 Å². The number of aryl methyl sites for hydroxylation is 2. The summed E-state index contributed by atoms with van der Waals surface area (Å²) < 4.78 is 33.5. The van der Waals surface area contributed by atoms with Crippen LogP contribution in [-0.4, -0.2) is 135 Å². The highest BCUT2D eigenvalue weighted by Gasteiger charge is 2.62. The molecule has 0 aliphatic carbocycles. The second-order valence-electron chi connectivity index (χ2n) is 17.9. The summed E-state index contributed by atoms with van der Waals surface area (Å²) >= 11 is 0. The van der Waals surface area contributed by atoms with Crippen molar-refractivity contribution in [3.05, 3.63) is 36.5 Å². The van der Waals surface area contributed by atoms with Crippen molar-refractivity contribution in [2.24, 2.45) is 23.7 Å². The summed E-state index contributed by atoms with van der Waals surface area (Å²) in [6, 6.07) is 2.88. The van der Waals surface area contributed by atoms with E-state index in [1.54, 1.807) is 31.3 Å². The molecule has 2 aromatic rings. The summed E-state index contributed by atoms with van der Waals surface area (Å²) in [7, 11) is 5.25.